The van der Waals surface area contributed by atoms with Crippen molar-refractivity contribution in [2.45, 2.75) is 0 Å². The molecule has 4 rings (SSSR count). The van der Waals surface area contributed by atoms with Gasteiger partial charge in [-0.25, -0.2) is 0 Å². The molecule has 146 valence electrons. The SMILES string of the molecule is Oc1ccc(-c2ccccc2)cc1.Oc1ccc(-c2ccccc2)cc1.[Cl][Ti][Cl]. The van der Waals surface area contributed by atoms with Gasteiger partial charge in [-0.3, -0.25) is 0 Å². The molecule has 0 radical (unpaired) electrons. The fraction of sp³-hybridized carbons (Fsp3) is 0. The molecule has 0 unspecified atom stereocenters. The van der Waals surface area contributed by atoms with Gasteiger partial charge in [-0.05, 0) is 46.5 Å². The van der Waals surface area contributed by atoms with E-state index in [1.807, 2.05) is 84.9 Å². The number of hydrogen-bond acceptors (Lipinski definition) is 2. The van der Waals surface area contributed by atoms with E-state index in [0.717, 1.165) is 11.1 Å². The number of rotatable bonds is 2. The summed E-state index contributed by atoms with van der Waals surface area (Å²) in [6.45, 7) is 0. The molecule has 0 bridgehead atoms. The van der Waals surface area contributed by atoms with Crippen LogP contribution in [0.3, 0.4) is 0 Å². The summed E-state index contributed by atoms with van der Waals surface area (Å²) >= 11 is -0.556. The van der Waals surface area contributed by atoms with Gasteiger partial charge in [0.1, 0.15) is 11.5 Å². The van der Waals surface area contributed by atoms with Crippen molar-refractivity contribution in [1.82, 2.24) is 0 Å². The molecule has 29 heavy (non-hydrogen) atoms. The van der Waals surface area contributed by atoms with Crippen LogP contribution in [0.15, 0.2) is 109 Å². The molecule has 0 fully saturated rings. The van der Waals surface area contributed by atoms with Gasteiger partial charge < -0.3 is 10.2 Å². The minimum atomic E-state index is -0.556. The predicted octanol–water partition coefficient (Wildman–Crippen LogP) is 7.49. The number of halogens is 2. The molecular weight excluding hydrogens is 439 g/mol. The number of hydrogen-bond donors (Lipinski definition) is 2. The Balaban J connectivity index is 0.000000183. The molecule has 2 nitrogen and oxygen atoms in total. The van der Waals surface area contributed by atoms with E-state index in [1.165, 1.54) is 11.1 Å². The first-order valence-corrected chi connectivity index (χ1v) is 13.1. The van der Waals surface area contributed by atoms with Crippen LogP contribution >= 0.6 is 18.6 Å². The van der Waals surface area contributed by atoms with Crippen molar-refractivity contribution < 1.29 is 27.2 Å². The quantitative estimate of drug-likeness (QED) is 0.305. The maximum absolute atomic E-state index is 9.10. The molecule has 0 aliphatic carbocycles. The van der Waals surface area contributed by atoms with Crippen LogP contribution in [0.1, 0.15) is 0 Å². The first-order valence-electron chi connectivity index (χ1n) is 8.79. The standard InChI is InChI=1S/2C12H10O.2ClH.Ti/c2*13-12-8-6-11(7-9-12)10-4-2-1-3-5-10;;;/h2*1-9,13H;2*1H;/q;;;;+2/p-2. The average molecular weight is 459 g/mol. The molecular formula is C24H20Cl2O2Ti. The minimum absolute atomic E-state index is 0.305. The molecule has 4 aromatic rings. The van der Waals surface area contributed by atoms with Crippen LogP contribution in [0.25, 0.3) is 22.3 Å². The van der Waals surface area contributed by atoms with Crippen LogP contribution in [0.4, 0.5) is 0 Å². The van der Waals surface area contributed by atoms with Gasteiger partial charge in [0.15, 0.2) is 0 Å². The summed E-state index contributed by atoms with van der Waals surface area (Å²) in [7, 11) is 9.78. The summed E-state index contributed by atoms with van der Waals surface area (Å²) in [5.74, 6) is 0.611. The molecule has 0 amide bonds. The predicted molar refractivity (Wildman–Crippen MR) is 119 cm³/mol. The molecule has 0 aliphatic rings. The average Bonchev–Trinajstić information content (AvgIpc) is 2.77. The van der Waals surface area contributed by atoms with Crippen LogP contribution in [0.5, 0.6) is 11.5 Å². The second kappa shape index (κ2) is 13.1. The summed E-state index contributed by atoms with van der Waals surface area (Å²) in [4.78, 5) is 0. The van der Waals surface area contributed by atoms with E-state index < -0.39 is 17.0 Å². The molecule has 0 saturated carbocycles. The molecule has 0 spiro atoms. The van der Waals surface area contributed by atoms with Crippen molar-refractivity contribution in [1.29, 1.82) is 0 Å². The zero-order valence-corrected chi connectivity index (χ0v) is 18.6. The second-order valence-corrected chi connectivity index (χ2v) is 8.48. The Labute approximate surface area is 188 Å². The molecule has 4 aromatic carbocycles. The van der Waals surface area contributed by atoms with E-state index >= 15 is 0 Å². The van der Waals surface area contributed by atoms with Gasteiger partial charge in [0.25, 0.3) is 0 Å². The van der Waals surface area contributed by atoms with Crippen LogP contribution in [0, 0.1) is 0 Å². The Morgan fingerprint density at radius 3 is 0.931 bits per heavy atom. The zero-order chi connectivity index (χ0) is 20.9. The Kier molecular flexibility index (Phi) is 10.4. The third kappa shape index (κ3) is 8.35. The van der Waals surface area contributed by atoms with Crippen molar-refractivity contribution in [2.24, 2.45) is 0 Å². The number of benzene rings is 4. The van der Waals surface area contributed by atoms with Gasteiger partial charge in [-0.15, -0.1) is 0 Å². The van der Waals surface area contributed by atoms with Crippen LogP contribution in [-0.4, -0.2) is 10.2 Å². The third-order valence-corrected chi connectivity index (χ3v) is 3.95. The fourth-order valence-corrected chi connectivity index (χ4v) is 2.57. The van der Waals surface area contributed by atoms with Gasteiger partial charge in [0, 0.05) is 0 Å². The summed E-state index contributed by atoms with van der Waals surface area (Å²) in [6.07, 6.45) is 0. The normalized spacial score (nSPS) is 9.31. The van der Waals surface area contributed by atoms with Crippen molar-refractivity contribution in [3.8, 4) is 33.8 Å². The first-order chi connectivity index (χ1) is 14.1. The summed E-state index contributed by atoms with van der Waals surface area (Å²) in [5, 5.41) is 18.2. The molecule has 0 saturated heterocycles. The van der Waals surface area contributed by atoms with E-state index in [0.29, 0.717) is 11.5 Å². The summed E-state index contributed by atoms with van der Waals surface area (Å²) in [5.41, 5.74) is 4.59. The first kappa shape index (κ1) is 23.1. The third-order valence-electron chi connectivity index (χ3n) is 3.95. The van der Waals surface area contributed by atoms with E-state index in [9.17, 15) is 0 Å². The molecule has 0 heterocycles. The topological polar surface area (TPSA) is 40.5 Å². The zero-order valence-electron chi connectivity index (χ0n) is 15.5. The van der Waals surface area contributed by atoms with Crippen LogP contribution in [0.2, 0.25) is 0 Å². The number of phenols is 2. The summed E-state index contributed by atoms with van der Waals surface area (Å²) in [6, 6.07) is 34.6. The second-order valence-electron chi connectivity index (χ2n) is 5.90. The monoisotopic (exact) mass is 458 g/mol. The number of aromatic hydroxyl groups is 2. The summed E-state index contributed by atoms with van der Waals surface area (Å²) < 4.78 is 0. The Bertz CT molecular complexity index is 865. The molecule has 2 N–H and O–H groups in total. The van der Waals surface area contributed by atoms with Crippen LogP contribution < -0.4 is 0 Å². The van der Waals surface area contributed by atoms with Gasteiger partial charge in [0.05, 0.1) is 0 Å². The van der Waals surface area contributed by atoms with Crippen molar-refractivity contribution in [3.05, 3.63) is 109 Å². The maximum atomic E-state index is 9.10. The van der Waals surface area contributed by atoms with Crippen LogP contribution in [-0.2, 0) is 17.0 Å². The van der Waals surface area contributed by atoms with Gasteiger partial charge in [0.2, 0.25) is 0 Å². The van der Waals surface area contributed by atoms with E-state index in [4.69, 9.17) is 28.8 Å². The van der Waals surface area contributed by atoms with Gasteiger partial charge in [-0.1, -0.05) is 84.9 Å². The van der Waals surface area contributed by atoms with Gasteiger partial charge in [-0.2, -0.15) is 0 Å². The molecule has 5 heteroatoms. The Hall–Kier alpha value is -2.23. The van der Waals surface area contributed by atoms with E-state index in [2.05, 4.69) is 0 Å². The van der Waals surface area contributed by atoms with Gasteiger partial charge >= 0.3 is 35.6 Å². The Morgan fingerprint density at radius 1 is 0.414 bits per heavy atom. The van der Waals surface area contributed by atoms with Crippen molar-refractivity contribution >= 4 is 18.6 Å². The molecule has 0 aromatic heterocycles. The Morgan fingerprint density at radius 2 is 0.655 bits per heavy atom. The van der Waals surface area contributed by atoms with Crippen molar-refractivity contribution in [2.75, 3.05) is 0 Å². The van der Waals surface area contributed by atoms with E-state index in [1.54, 1.807) is 24.3 Å². The van der Waals surface area contributed by atoms with Crippen molar-refractivity contribution in [3.63, 3.8) is 0 Å². The fourth-order valence-electron chi connectivity index (χ4n) is 2.57. The number of phenolic OH excluding ortho intramolecular Hbond substituents is 2. The molecule has 0 atom stereocenters. The molecule has 0 aliphatic heterocycles. The van der Waals surface area contributed by atoms with E-state index in [-0.39, 0.29) is 0 Å².